The SMILES string of the molecule is CN(Cc1ccccc1)C[C@@]1(O)CN(C(=O)CCc2ccccc2)CC[C@@H]1O. The van der Waals surface area contributed by atoms with Gasteiger partial charge in [-0.3, -0.25) is 9.69 Å². The Morgan fingerprint density at radius 3 is 2.36 bits per heavy atom. The number of benzene rings is 2. The van der Waals surface area contributed by atoms with Crippen molar-refractivity contribution in [2.75, 3.05) is 26.7 Å². The molecule has 3 rings (SSSR count). The van der Waals surface area contributed by atoms with E-state index in [2.05, 4.69) is 0 Å². The molecule has 150 valence electrons. The zero-order chi connectivity index (χ0) is 20.0. The molecule has 0 aliphatic carbocycles. The van der Waals surface area contributed by atoms with E-state index in [1.54, 1.807) is 4.90 Å². The Morgan fingerprint density at radius 2 is 1.71 bits per heavy atom. The van der Waals surface area contributed by atoms with Crippen molar-refractivity contribution in [2.24, 2.45) is 0 Å². The molecule has 0 saturated carbocycles. The number of likely N-dealkylation sites (N-methyl/N-ethyl adjacent to an activating group) is 1. The first kappa shape index (κ1) is 20.5. The number of piperidine rings is 1. The Labute approximate surface area is 167 Å². The average Bonchev–Trinajstić information content (AvgIpc) is 2.69. The predicted molar refractivity (Wildman–Crippen MR) is 110 cm³/mol. The maximum Gasteiger partial charge on any atom is 0.223 e. The van der Waals surface area contributed by atoms with Gasteiger partial charge in [0.15, 0.2) is 0 Å². The Balaban J connectivity index is 1.56. The molecule has 2 aromatic rings. The quantitative estimate of drug-likeness (QED) is 0.770. The molecule has 2 N–H and O–H groups in total. The Kier molecular flexibility index (Phi) is 6.83. The van der Waals surface area contributed by atoms with Crippen molar-refractivity contribution in [1.29, 1.82) is 0 Å². The van der Waals surface area contributed by atoms with Crippen LogP contribution in [0, 0.1) is 0 Å². The molecule has 0 aromatic heterocycles. The van der Waals surface area contributed by atoms with Crippen molar-refractivity contribution < 1.29 is 15.0 Å². The minimum absolute atomic E-state index is 0.0277. The number of rotatable bonds is 7. The number of hydrogen-bond donors (Lipinski definition) is 2. The van der Waals surface area contributed by atoms with Gasteiger partial charge in [0.2, 0.25) is 5.91 Å². The molecule has 1 amide bonds. The number of aryl methyl sites for hydroxylation is 1. The van der Waals surface area contributed by atoms with Gasteiger partial charge in [-0.1, -0.05) is 60.7 Å². The predicted octanol–water partition coefficient (Wildman–Crippen LogP) is 2.08. The monoisotopic (exact) mass is 382 g/mol. The summed E-state index contributed by atoms with van der Waals surface area (Å²) in [5, 5.41) is 21.5. The maximum atomic E-state index is 12.7. The highest BCUT2D eigenvalue weighted by molar-refractivity contribution is 5.76. The molecule has 0 bridgehead atoms. The second-order valence-corrected chi connectivity index (χ2v) is 7.87. The third-order valence-corrected chi connectivity index (χ3v) is 5.42. The zero-order valence-electron chi connectivity index (χ0n) is 16.5. The number of likely N-dealkylation sites (tertiary alicyclic amines) is 1. The van der Waals surface area contributed by atoms with Crippen molar-refractivity contribution in [3.05, 3.63) is 71.8 Å². The summed E-state index contributed by atoms with van der Waals surface area (Å²) in [5.74, 6) is 0.0277. The largest absolute Gasteiger partial charge is 0.390 e. The van der Waals surface area contributed by atoms with Gasteiger partial charge in [0.25, 0.3) is 0 Å². The molecule has 1 aliphatic rings. The number of aliphatic hydroxyl groups excluding tert-OH is 1. The number of β-amino-alcohol motifs (C(OH)–C–C–N with tert-alkyl or cyclic N) is 1. The number of nitrogens with zero attached hydrogens (tertiary/aromatic N) is 2. The van der Waals surface area contributed by atoms with Crippen LogP contribution in [0.15, 0.2) is 60.7 Å². The molecule has 1 aliphatic heterocycles. The van der Waals surface area contributed by atoms with Crippen molar-refractivity contribution in [2.45, 2.75) is 37.5 Å². The molecule has 1 fully saturated rings. The van der Waals surface area contributed by atoms with E-state index in [0.717, 1.165) is 11.1 Å². The molecule has 0 radical (unpaired) electrons. The lowest BCUT2D eigenvalue weighted by Crippen LogP contribution is -2.62. The van der Waals surface area contributed by atoms with Crippen LogP contribution in [0.25, 0.3) is 0 Å². The van der Waals surface area contributed by atoms with Crippen LogP contribution >= 0.6 is 0 Å². The zero-order valence-corrected chi connectivity index (χ0v) is 16.5. The van der Waals surface area contributed by atoms with E-state index in [1.165, 1.54) is 0 Å². The fourth-order valence-corrected chi connectivity index (χ4v) is 3.90. The van der Waals surface area contributed by atoms with Gasteiger partial charge in [-0.05, 0) is 31.0 Å². The van der Waals surface area contributed by atoms with Crippen LogP contribution in [0.4, 0.5) is 0 Å². The molecule has 1 heterocycles. The number of hydrogen-bond acceptors (Lipinski definition) is 4. The summed E-state index contributed by atoms with van der Waals surface area (Å²) in [6.07, 6.45) is 0.664. The third-order valence-electron chi connectivity index (χ3n) is 5.42. The number of carbonyl (C=O) groups excluding carboxylic acids is 1. The fraction of sp³-hybridized carbons (Fsp3) is 0.435. The molecular formula is C23H30N2O3. The Hall–Kier alpha value is -2.21. The normalized spacial score (nSPS) is 22.4. The minimum atomic E-state index is -1.32. The average molecular weight is 383 g/mol. The molecule has 0 spiro atoms. The summed E-state index contributed by atoms with van der Waals surface area (Å²) in [4.78, 5) is 16.4. The van der Waals surface area contributed by atoms with Crippen LogP contribution in [0.2, 0.25) is 0 Å². The standard InChI is InChI=1S/C23H30N2O3/c1-24(16-20-10-6-3-7-11-20)17-23(28)18-25(15-14-21(23)26)22(27)13-12-19-8-4-2-5-9-19/h2-11,21,26,28H,12-18H2,1H3/t21-,23+/m0/s1. The molecule has 2 aromatic carbocycles. The van der Waals surface area contributed by atoms with E-state index in [0.29, 0.717) is 38.9 Å². The van der Waals surface area contributed by atoms with Crippen LogP contribution < -0.4 is 0 Å². The lowest BCUT2D eigenvalue weighted by Gasteiger charge is -2.44. The molecule has 5 heteroatoms. The highest BCUT2D eigenvalue weighted by Crippen LogP contribution is 2.24. The van der Waals surface area contributed by atoms with Gasteiger partial charge in [-0.15, -0.1) is 0 Å². The summed E-state index contributed by atoms with van der Waals surface area (Å²) in [6.45, 7) is 1.64. The molecule has 1 saturated heterocycles. The van der Waals surface area contributed by atoms with Crippen molar-refractivity contribution in [3.8, 4) is 0 Å². The molecule has 2 atom stereocenters. The van der Waals surface area contributed by atoms with Crippen LogP contribution in [-0.2, 0) is 17.8 Å². The Morgan fingerprint density at radius 1 is 1.11 bits per heavy atom. The Bertz CT molecular complexity index is 753. The second-order valence-electron chi connectivity index (χ2n) is 7.87. The second kappa shape index (κ2) is 9.32. The van der Waals surface area contributed by atoms with Gasteiger partial charge in [0.1, 0.15) is 5.60 Å². The van der Waals surface area contributed by atoms with Crippen LogP contribution in [0.5, 0.6) is 0 Å². The third kappa shape index (κ3) is 5.41. The molecule has 5 nitrogen and oxygen atoms in total. The highest BCUT2D eigenvalue weighted by Gasteiger charge is 2.43. The van der Waals surface area contributed by atoms with E-state index in [4.69, 9.17) is 0 Å². The molecular weight excluding hydrogens is 352 g/mol. The number of carbonyl (C=O) groups is 1. The topological polar surface area (TPSA) is 64.0 Å². The fourth-order valence-electron chi connectivity index (χ4n) is 3.90. The van der Waals surface area contributed by atoms with E-state index in [9.17, 15) is 15.0 Å². The van der Waals surface area contributed by atoms with E-state index in [-0.39, 0.29) is 12.5 Å². The van der Waals surface area contributed by atoms with E-state index in [1.807, 2.05) is 72.6 Å². The van der Waals surface area contributed by atoms with Crippen LogP contribution in [0.3, 0.4) is 0 Å². The summed E-state index contributed by atoms with van der Waals surface area (Å²) >= 11 is 0. The van der Waals surface area contributed by atoms with Gasteiger partial charge in [0, 0.05) is 26.1 Å². The van der Waals surface area contributed by atoms with Gasteiger partial charge >= 0.3 is 0 Å². The lowest BCUT2D eigenvalue weighted by atomic mass is 9.88. The minimum Gasteiger partial charge on any atom is -0.390 e. The first-order valence-electron chi connectivity index (χ1n) is 9.91. The van der Waals surface area contributed by atoms with Gasteiger partial charge in [-0.25, -0.2) is 0 Å². The lowest BCUT2D eigenvalue weighted by molar-refractivity contribution is -0.155. The van der Waals surface area contributed by atoms with E-state index >= 15 is 0 Å². The summed E-state index contributed by atoms with van der Waals surface area (Å²) in [7, 11) is 1.92. The molecule has 0 unspecified atom stereocenters. The van der Waals surface area contributed by atoms with Gasteiger partial charge in [0.05, 0.1) is 12.6 Å². The summed E-state index contributed by atoms with van der Waals surface area (Å²) in [6, 6.07) is 20.0. The first-order valence-corrected chi connectivity index (χ1v) is 9.91. The van der Waals surface area contributed by atoms with Crippen molar-refractivity contribution in [1.82, 2.24) is 9.80 Å². The number of amides is 1. The number of aliphatic hydroxyl groups is 2. The highest BCUT2D eigenvalue weighted by atomic mass is 16.3. The van der Waals surface area contributed by atoms with E-state index < -0.39 is 11.7 Å². The van der Waals surface area contributed by atoms with Crippen molar-refractivity contribution in [3.63, 3.8) is 0 Å². The first-order chi connectivity index (χ1) is 13.5. The summed E-state index contributed by atoms with van der Waals surface area (Å²) in [5.41, 5.74) is 0.963. The van der Waals surface area contributed by atoms with Crippen LogP contribution in [-0.4, -0.2) is 64.3 Å². The van der Waals surface area contributed by atoms with Crippen LogP contribution in [0.1, 0.15) is 24.0 Å². The van der Waals surface area contributed by atoms with Crippen molar-refractivity contribution >= 4 is 5.91 Å². The smallest absolute Gasteiger partial charge is 0.223 e. The maximum absolute atomic E-state index is 12.7. The molecule has 28 heavy (non-hydrogen) atoms. The summed E-state index contributed by atoms with van der Waals surface area (Å²) < 4.78 is 0. The van der Waals surface area contributed by atoms with Gasteiger partial charge in [-0.2, -0.15) is 0 Å². The van der Waals surface area contributed by atoms with Gasteiger partial charge < -0.3 is 15.1 Å².